The molecule has 2 aromatic rings. The van der Waals surface area contributed by atoms with E-state index >= 15 is 0 Å². The lowest BCUT2D eigenvalue weighted by molar-refractivity contribution is -0.486. The van der Waals surface area contributed by atoms with Gasteiger partial charge in [-0.15, -0.1) is 11.3 Å². The molecule has 0 aromatic carbocycles. The van der Waals surface area contributed by atoms with Crippen LogP contribution in [0.3, 0.4) is 0 Å². The largest absolute Gasteiger partial charge is 0.358 e. The number of amidine groups is 1. The summed E-state index contributed by atoms with van der Waals surface area (Å²) in [6.45, 7) is 3.37. The van der Waals surface area contributed by atoms with Gasteiger partial charge in [-0.1, -0.05) is 29.3 Å². The van der Waals surface area contributed by atoms with Crippen LogP contribution >= 0.6 is 34.5 Å². The van der Waals surface area contributed by atoms with Crippen molar-refractivity contribution in [3.8, 4) is 6.19 Å². The summed E-state index contributed by atoms with van der Waals surface area (Å²) in [5.41, 5.74) is 1.02. The average Bonchev–Trinajstić information content (AvgIpc) is 3.17. The maximum Gasteiger partial charge on any atom is 0.277 e. The first-order valence-electron chi connectivity index (χ1n) is 9.31. The van der Waals surface area contributed by atoms with Crippen LogP contribution in [0.4, 0.5) is 0 Å². The van der Waals surface area contributed by atoms with Crippen LogP contribution in [0.5, 0.6) is 0 Å². The number of aromatic nitrogens is 2. The Morgan fingerprint density at radius 1 is 1.39 bits per heavy atom. The number of halogens is 2. The summed E-state index contributed by atoms with van der Waals surface area (Å²) < 4.78 is 5.72. The quantitative estimate of drug-likeness (QED) is 0.147. The summed E-state index contributed by atoms with van der Waals surface area (Å²) in [5, 5.41) is 22.0. The van der Waals surface area contributed by atoms with Gasteiger partial charge in [0.2, 0.25) is 6.19 Å². The summed E-state index contributed by atoms with van der Waals surface area (Å²) in [5.74, 6) is 0.934. The van der Waals surface area contributed by atoms with E-state index in [4.69, 9.17) is 33.2 Å². The third kappa shape index (κ3) is 8.78. The molecule has 1 aliphatic heterocycles. The van der Waals surface area contributed by atoms with E-state index in [1.54, 1.807) is 48.4 Å². The molecule has 2 aromatic heterocycles. The molecule has 0 radical (unpaired) electrons. The van der Waals surface area contributed by atoms with Crippen molar-refractivity contribution in [3.05, 3.63) is 54.7 Å². The second-order valence-electron chi connectivity index (χ2n) is 6.68. The monoisotopic (exact) mass is 513 g/mol. The fraction of sp³-hybridized carbons (Fsp3) is 0.389. The lowest BCUT2D eigenvalue weighted by atomic mass is 10.3. The highest BCUT2D eigenvalue weighted by Crippen LogP contribution is 2.20. The highest BCUT2D eigenvalue weighted by atomic mass is 35.5. The summed E-state index contributed by atoms with van der Waals surface area (Å²) in [4.78, 5) is 28.0. The number of aliphatic imine (C=N–C) groups is 1. The summed E-state index contributed by atoms with van der Waals surface area (Å²) in [6, 6.07) is 3.63. The molecule has 3 heterocycles. The van der Waals surface area contributed by atoms with Gasteiger partial charge in [0.05, 0.1) is 6.54 Å². The summed E-state index contributed by atoms with van der Waals surface area (Å²) >= 11 is 12.7. The maximum absolute atomic E-state index is 10.5. The number of hydrogen-bond donors (Lipinski definition) is 0. The van der Waals surface area contributed by atoms with E-state index in [1.165, 1.54) is 11.3 Å². The number of rotatable bonds is 5. The van der Waals surface area contributed by atoms with Crippen LogP contribution in [0.1, 0.15) is 17.4 Å². The molecule has 0 amide bonds. The van der Waals surface area contributed by atoms with Crippen LogP contribution in [0.2, 0.25) is 9.62 Å². The van der Waals surface area contributed by atoms with Gasteiger partial charge in [0.15, 0.2) is 9.50 Å². The van der Waals surface area contributed by atoms with Gasteiger partial charge in [-0.3, -0.25) is 0 Å². The van der Waals surface area contributed by atoms with Crippen molar-refractivity contribution >= 4 is 46.3 Å². The highest BCUT2D eigenvalue weighted by Gasteiger charge is 2.25. The number of guanidine groups is 1. The van der Waals surface area contributed by atoms with Crippen LogP contribution in [-0.2, 0) is 17.8 Å². The Bertz CT molecular complexity index is 1040. The van der Waals surface area contributed by atoms with Gasteiger partial charge in [-0.05, 0) is 18.6 Å². The molecule has 176 valence electrons. The van der Waals surface area contributed by atoms with E-state index in [0.29, 0.717) is 28.5 Å². The third-order valence-corrected chi connectivity index (χ3v) is 5.50. The third-order valence-electron chi connectivity index (χ3n) is 4.17. The molecule has 1 aliphatic rings. The van der Waals surface area contributed by atoms with E-state index in [9.17, 15) is 10.1 Å². The molecule has 12 nitrogen and oxygen atoms in total. The Hall–Kier alpha value is -3.05. The van der Waals surface area contributed by atoms with Gasteiger partial charge in [0.25, 0.3) is 5.96 Å². The second kappa shape index (κ2) is 12.9. The molecule has 1 fully saturated rings. The number of thiazole rings is 1. The minimum absolute atomic E-state index is 0.243. The van der Waals surface area contributed by atoms with Crippen LogP contribution < -0.4 is 0 Å². The Morgan fingerprint density at radius 3 is 2.73 bits per heavy atom. The maximum atomic E-state index is 10.5. The molecule has 0 unspecified atom stereocenters. The Balaban J connectivity index is 0.000000238. The zero-order valence-electron chi connectivity index (χ0n) is 18.1. The Morgan fingerprint density at radius 2 is 2.15 bits per heavy atom. The number of hydrogen-bond acceptors (Lipinski definition) is 8. The van der Waals surface area contributed by atoms with Crippen molar-refractivity contribution in [1.82, 2.24) is 24.7 Å². The minimum Gasteiger partial charge on any atom is -0.358 e. The topological polar surface area (TPSA) is 136 Å². The van der Waals surface area contributed by atoms with Gasteiger partial charge >= 0.3 is 0 Å². The first-order chi connectivity index (χ1) is 15.7. The number of nitriles is 1. The first-order valence-corrected chi connectivity index (χ1v) is 10.9. The second-order valence-corrected chi connectivity index (χ2v) is 8.76. The standard InChI is InChI=1S/C10H11ClN4.C8H10ClN5O3S/c1-8(14-7-12)15(2)6-9-3-4-10(11)13-5-9;1-12-4-17-5-13(8(12)11-14(15)16)3-6-2-10-7(9)18-6/h3-5H,6H2,1-2H3;2H,3-5H2,1H3/b;11-8+. The van der Waals surface area contributed by atoms with Gasteiger partial charge < -0.3 is 19.4 Å². The smallest absolute Gasteiger partial charge is 0.277 e. The van der Waals surface area contributed by atoms with Gasteiger partial charge in [-0.25, -0.2) is 20.1 Å². The molecular formula is C18H21Cl2N9O3S. The summed E-state index contributed by atoms with van der Waals surface area (Å²) in [6.07, 6.45) is 5.09. The molecule has 0 spiro atoms. The normalized spacial score (nSPS) is 15.0. The molecular weight excluding hydrogens is 493 g/mol. The zero-order chi connectivity index (χ0) is 24.4. The lowest BCUT2D eigenvalue weighted by Crippen LogP contribution is -2.49. The zero-order valence-corrected chi connectivity index (χ0v) is 20.4. The van der Waals surface area contributed by atoms with Gasteiger partial charge in [0, 0.05) is 37.9 Å². The van der Waals surface area contributed by atoms with Crippen molar-refractivity contribution in [3.63, 3.8) is 0 Å². The number of nitrogens with zero attached hydrogens (tertiary/aromatic N) is 9. The van der Waals surface area contributed by atoms with Crippen LogP contribution in [0, 0.1) is 21.6 Å². The fourth-order valence-electron chi connectivity index (χ4n) is 2.56. The van der Waals surface area contributed by atoms with E-state index in [0.717, 1.165) is 10.4 Å². The average molecular weight is 514 g/mol. The van der Waals surface area contributed by atoms with Gasteiger partial charge in [-0.2, -0.15) is 10.3 Å². The fourth-order valence-corrected chi connectivity index (χ4v) is 3.67. The molecule has 0 bridgehead atoms. The van der Waals surface area contributed by atoms with Crippen molar-refractivity contribution < 1.29 is 9.77 Å². The SMILES string of the molecule is CC(=NC#N)N(C)Cc1ccc(Cl)nc1.CN1COCN(Cc2cnc(Cl)s2)/C1=N/[N+](=O)[O-]. The molecule has 3 rings (SSSR count). The van der Waals surface area contributed by atoms with Crippen LogP contribution in [0.15, 0.2) is 34.6 Å². The van der Waals surface area contributed by atoms with Gasteiger partial charge in [0.1, 0.15) is 29.6 Å². The molecule has 15 heteroatoms. The van der Waals surface area contributed by atoms with Crippen molar-refractivity contribution in [2.75, 3.05) is 27.6 Å². The van der Waals surface area contributed by atoms with E-state index in [-0.39, 0.29) is 19.4 Å². The number of pyridine rings is 1. The Labute approximate surface area is 204 Å². The van der Waals surface area contributed by atoms with Crippen LogP contribution in [-0.4, -0.2) is 69.1 Å². The van der Waals surface area contributed by atoms with E-state index in [1.807, 2.05) is 18.0 Å². The van der Waals surface area contributed by atoms with E-state index in [2.05, 4.69) is 20.1 Å². The molecule has 1 saturated heterocycles. The predicted octanol–water partition coefficient (Wildman–Crippen LogP) is 3.09. The number of ether oxygens (including phenoxy) is 1. The minimum atomic E-state index is -0.718. The highest BCUT2D eigenvalue weighted by molar-refractivity contribution is 7.15. The van der Waals surface area contributed by atoms with E-state index < -0.39 is 5.03 Å². The van der Waals surface area contributed by atoms with Crippen molar-refractivity contribution in [2.24, 2.45) is 10.1 Å². The van der Waals surface area contributed by atoms with Crippen molar-refractivity contribution in [2.45, 2.75) is 20.0 Å². The number of hydrazone groups is 1. The molecule has 33 heavy (non-hydrogen) atoms. The molecule has 0 atom stereocenters. The Kier molecular flexibility index (Phi) is 10.2. The van der Waals surface area contributed by atoms with Crippen molar-refractivity contribution in [1.29, 1.82) is 5.26 Å². The predicted molar refractivity (Wildman–Crippen MR) is 125 cm³/mol. The lowest BCUT2D eigenvalue weighted by Gasteiger charge is -2.34. The number of nitro groups is 1. The summed E-state index contributed by atoms with van der Waals surface area (Å²) in [7, 11) is 3.54. The molecule has 0 saturated carbocycles. The molecule has 0 N–H and O–H groups in total. The molecule has 0 aliphatic carbocycles. The first kappa shape index (κ1) is 26.2. The van der Waals surface area contributed by atoms with Crippen LogP contribution in [0.25, 0.3) is 0 Å².